The van der Waals surface area contributed by atoms with Crippen molar-refractivity contribution in [3.8, 4) is 0 Å². The molecule has 0 aliphatic rings. The molecule has 3 heteroatoms. The van der Waals surface area contributed by atoms with Gasteiger partial charge in [-0.1, -0.05) is 51.7 Å². The van der Waals surface area contributed by atoms with Crippen molar-refractivity contribution in [3.05, 3.63) is 29.8 Å². The van der Waals surface area contributed by atoms with Crippen molar-refractivity contribution in [1.29, 1.82) is 0 Å². The van der Waals surface area contributed by atoms with Gasteiger partial charge in [-0.05, 0) is 37.6 Å². The third kappa shape index (κ3) is 7.28. The highest BCUT2D eigenvalue weighted by molar-refractivity contribution is 5.90. The van der Waals surface area contributed by atoms with E-state index < -0.39 is 0 Å². The van der Waals surface area contributed by atoms with Crippen LogP contribution >= 0.6 is 0 Å². The third-order valence-electron chi connectivity index (χ3n) is 3.69. The Hall–Kier alpha value is -1.35. The summed E-state index contributed by atoms with van der Waals surface area (Å²) < 4.78 is 0. The number of unbranched alkanes of at least 4 members (excludes halogenated alkanes) is 4. The summed E-state index contributed by atoms with van der Waals surface area (Å²) >= 11 is 0. The number of nitrogens with one attached hydrogen (secondary N) is 2. The maximum Gasteiger partial charge on any atom is 0.224 e. The molecule has 0 saturated heterocycles. The van der Waals surface area contributed by atoms with Crippen LogP contribution in [0.2, 0.25) is 0 Å². The van der Waals surface area contributed by atoms with Crippen molar-refractivity contribution >= 4 is 11.6 Å². The maximum atomic E-state index is 11.9. The van der Waals surface area contributed by atoms with Crippen LogP contribution in [-0.4, -0.2) is 12.5 Å². The highest BCUT2D eigenvalue weighted by atomic mass is 16.1. The lowest BCUT2D eigenvalue weighted by Gasteiger charge is -2.14. The third-order valence-corrected chi connectivity index (χ3v) is 3.69. The van der Waals surface area contributed by atoms with Gasteiger partial charge in [-0.3, -0.25) is 4.79 Å². The van der Waals surface area contributed by atoms with E-state index in [1.807, 2.05) is 12.1 Å². The zero-order valence-corrected chi connectivity index (χ0v) is 13.7. The number of amides is 1. The van der Waals surface area contributed by atoms with Crippen molar-refractivity contribution in [1.82, 2.24) is 5.32 Å². The van der Waals surface area contributed by atoms with Crippen LogP contribution in [0.4, 0.5) is 5.69 Å². The maximum absolute atomic E-state index is 11.9. The fraction of sp³-hybridized carbons (Fsp3) is 0.611. The Morgan fingerprint density at radius 3 is 2.62 bits per heavy atom. The molecular weight excluding hydrogens is 260 g/mol. The SMILES string of the molecule is CCCCCCCC(=O)Nc1cccc(C(C)NCC)c1. The minimum atomic E-state index is 0.125. The van der Waals surface area contributed by atoms with Crippen LogP contribution in [0.1, 0.15) is 70.9 Å². The quantitative estimate of drug-likeness (QED) is 0.615. The Morgan fingerprint density at radius 1 is 1.14 bits per heavy atom. The number of anilines is 1. The Kier molecular flexibility index (Phi) is 8.76. The van der Waals surface area contributed by atoms with Gasteiger partial charge in [0, 0.05) is 18.2 Å². The lowest BCUT2D eigenvalue weighted by molar-refractivity contribution is -0.116. The van der Waals surface area contributed by atoms with Gasteiger partial charge in [0.2, 0.25) is 5.91 Å². The average Bonchev–Trinajstić information content (AvgIpc) is 2.47. The van der Waals surface area contributed by atoms with Crippen molar-refractivity contribution in [2.24, 2.45) is 0 Å². The number of carbonyl (C=O) groups excluding carboxylic acids is 1. The molecule has 21 heavy (non-hydrogen) atoms. The molecule has 118 valence electrons. The zero-order valence-electron chi connectivity index (χ0n) is 13.7. The second-order valence-electron chi connectivity index (χ2n) is 5.62. The van der Waals surface area contributed by atoms with E-state index in [2.05, 4.69) is 43.5 Å². The lowest BCUT2D eigenvalue weighted by Crippen LogP contribution is -2.18. The number of carbonyl (C=O) groups is 1. The van der Waals surface area contributed by atoms with Crippen LogP contribution < -0.4 is 10.6 Å². The fourth-order valence-corrected chi connectivity index (χ4v) is 2.42. The fourth-order valence-electron chi connectivity index (χ4n) is 2.42. The number of benzene rings is 1. The normalized spacial score (nSPS) is 12.1. The van der Waals surface area contributed by atoms with Gasteiger partial charge in [0.15, 0.2) is 0 Å². The van der Waals surface area contributed by atoms with Crippen molar-refractivity contribution in [2.45, 2.75) is 65.3 Å². The van der Waals surface area contributed by atoms with Crippen LogP contribution in [0, 0.1) is 0 Å². The van der Waals surface area contributed by atoms with E-state index in [0.29, 0.717) is 12.5 Å². The summed E-state index contributed by atoms with van der Waals surface area (Å²) in [6, 6.07) is 8.41. The molecular formula is C18H30N2O. The molecule has 0 aromatic heterocycles. The second kappa shape index (κ2) is 10.4. The van der Waals surface area contributed by atoms with Gasteiger partial charge >= 0.3 is 0 Å². The molecule has 0 bridgehead atoms. The van der Waals surface area contributed by atoms with E-state index in [1.54, 1.807) is 0 Å². The van der Waals surface area contributed by atoms with Gasteiger partial charge in [-0.2, -0.15) is 0 Å². The van der Waals surface area contributed by atoms with E-state index in [9.17, 15) is 4.79 Å². The van der Waals surface area contributed by atoms with Crippen LogP contribution in [0.5, 0.6) is 0 Å². The van der Waals surface area contributed by atoms with Crippen LogP contribution in [0.3, 0.4) is 0 Å². The molecule has 0 saturated carbocycles. The molecule has 3 nitrogen and oxygen atoms in total. The molecule has 1 aromatic carbocycles. The van der Waals surface area contributed by atoms with Crippen LogP contribution in [-0.2, 0) is 4.79 Å². The van der Waals surface area contributed by atoms with Gasteiger partial charge in [0.25, 0.3) is 0 Å². The molecule has 1 unspecified atom stereocenters. The largest absolute Gasteiger partial charge is 0.326 e. The van der Waals surface area contributed by atoms with E-state index in [1.165, 1.54) is 24.8 Å². The Balaban J connectivity index is 2.40. The molecule has 0 aliphatic carbocycles. The van der Waals surface area contributed by atoms with Crippen LogP contribution in [0.25, 0.3) is 0 Å². The van der Waals surface area contributed by atoms with Crippen LogP contribution in [0.15, 0.2) is 24.3 Å². The van der Waals surface area contributed by atoms with Gasteiger partial charge in [0.1, 0.15) is 0 Å². The van der Waals surface area contributed by atoms with Crippen molar-refractivity contribution in [2.75, 3.05) is 11.9 Å². The topological polar surface area (TPSA) is 41.1 Å². The summed E-state index contributed by atoms with van der Waals surface area (Å²) in [5.74, 6) is 0.125. The van der Waals surface area contributed by atoms with Gasteiger partial charge in [-0.25, -0.2) is 0 Å². The first kappa shape index (κ1) is 17.7. The monoisotopic (exact) mass is 290 g/mol. The lowest BCUT2D eigenvalue weighted by atomic mass is 10.1. The molecule has 0 fully saturated rings. The molecule has 1 amide bonds. The Morgan fingerprint density at radius 2 is 1.90 bits per heavy atom. The summed E-state index contributed by atoms with van der Waals surface area (Å²) in [5.41, 5.74) is 2.11. The summed E-state index contributed by atoms with van der Waals surface area (Å²) in [7, 11) is 0. The predicted molar refractivity (Wildman–Crippen MR) is 90.5 cm³/mol. The first-order chi connectivity index (χ1) is 10.2. The molecule has 1 rings (SSSR count). The molecule has 0 heterocycles. The van der Waals surface area contributed by atoms with Crippen molar-refractivity contribution < 1.29 is 4.79 Å². The van der Waals surface area contributed by atoms with E-state index in [-0.39, 0.29) is 5.91 Å². The molecule has 0 spiro atoms. The van der Waals surface area contributed by atoms with E-state index >= 15 is 0 Å². The summed E-state index contributed by atoms with van der Waals surface area (Å²) in [5, 5.41) is 6.39. The van der Waals surface area contributed by atoms with Gasteiger partial charge in [-0.15, -0.1) is 0 Å². The average molecular weight is 290 g/mol. The standard InChI is InChI=1S/C18H30N2O/c1-4-6-7-8-9-13-18(21)20-17-12-10-11-16(14-17)15(3)19-5-2/h10-12,14-15,19H,4-9,13H2,1-3H3,(H,20,21). The first-order valence-corrected chi connectivity index (χ1v) is 8.30. The second-order valence-corrected chi connectivity index (χ2v) is 5.62. The first-order valence-electron chi connectivity index (χ1n) is 8.30. The summed E-state index contributed by atoms with van der Waals surface area (Å²) in [6.45, 7) is 7.38. The predicted octanol–water partition coefficient (Wildman–Crippen LogP) is 4.66. The highest BCUT2D eigenvalue weighted by Gasteiger charge is 2.06. The molecule has 1 aromatic rings. The van der Waals surface area contributed by atoms with Gasteiger partial charge in [0.05, 0.1) is 0 Å². The van der Waals surface area contributed by atoms with E-state index in [0.717, 1.165) is 25.1 Å². The Labute approximate surface area is 129 Å². The minimum Gasteiger partial charge on any atom is -0.326 e. The zero-order chi connectivity index (χ0) is 15.5. The number of hydrogen-bond donors (Lipinski definition) is 2. The molecule has 0 radical (unpaired) electrons. The minimum absolute atomic E-state index is 0.125. The number of rotatable bonds is 10. The summed E-state index contributed by atoms with van der Waals surface area (Å²) in [4.78, 5) is 11.9. The van der Waals surface area contributed by atoms with Gasteiger partial charge < -0.3 is 10.6 Å². The smallest absolute Gasteiger partial charge is 0.224 e. The van der Waals surface area contributed by atoms with E-state index in [4.69, 9.17) is 0 Å². The molecule has 0 aliphatic heterocycles. The highest BCUT2D eigenvalue weighted by Crippen LogP contribution is 2.17. The Bertz CT molecular complexity index is 417. The summed E-state index contributed by atoms with van der Waals surface area (Å²) in [6.07, 6.45) is 6.50. The van der Waals surface area contributed by atoms with Crippen molar-refractivity contribution in [3.63, 3.8) is 0 Å². The molecule has 1 atom stereocenters. The number of hydrogen-bond acceptors (Lipinski definition) is 2. The molecule has 2 N–H and O–H groups in total.